The number of fused-ring (bicyclic) bond motifs is 1. The van der Waals surface area contributed by atoms with Crippen molar-refractivity contribution in [3.8, 4) is 11.5 Å². The number of hydrogen-bond donors (Lipinski definition) is 0. The third kappa shape index (κ3) is 3.76. The minimum absolute atomic E-state index is 0.0307. The number of nitrogens with zero attached hydrogens (tertiary/aromatic N) is 2. The molecule has 0 aliphatic rings. The fourth-order valence-corrected chi connectivity index (χ4v) is 2.82. The summed E-state index contributed by atoms with van der Waals surface area (Å²) >= 11 is 0. The van der Waals surface area contributed by atoms with Gasteiger partial charge in [0, 0.05) is 22.4 Å². The average Bonchev–Trinajstić information content (AvgIpc) is 3.04. The van der Waals surface area contributed by atoms with Crippen molar-refractivity contribution < 1.29 is 19.1 Å². The minimum Gasteiger partial charge on any atom is -0.497 e. The Bertz CT molecular complexity index is 1030. The lowest BCUT2D eigenvalue weighted by molar-refractivity contribution is -0.127. The molecular formula is C22H24N2O4. The molecular weight excluding hydrogens is 356 g/mol. The van der Waals surface area contributed by atoms with E-state index in [0.29, 0.717) is 33.7 Å². The number of benzene rings is 2. The Labute approximate surface area is 164 Å². The Hall–Kier alpha value is -3.15. The maximum Gasteiger partial charge on any atom is 0.213 e. The molecule has 1 heterocycles. The first-order valence-corrected chi connectivity index (χ1v) is 9.01. The molecule has 0 atom stereocenters. The van der Waals surface area contributed by atoms with Gasteiger partial charge in [-0.15, -0.1) is 0 Å². The molecule has 0 spiro atoms. The maximum atomic E-state index is 13.1. The average molecular weight is 380 g/mol. The van der Waals surface area contributed by atoms with Crippen LogP contribution < -0.4 is 9.47 Å². The summed E-state index contributed by atoms with van der Waals surface area (Å²) in [5.74, 6) is 1.13. The summed E-state index contributed by atoms with van der Waals surface area (Å²) in [5.41, 5.74) is 1.00. The molecule has 0 bridgehead atoms. The van der Waals surface area contributed by atoms with Crippen LogP contribution in [0, 0.1) is 5.41 Å². The number of rotatable bonds is 6. The Kier molecular flexibility index (Phi) is 5.23. The van der Waals surface area contributed by atoms with E-state index in [0.717, 1.165) is 0 Å². The highest BCUT2D eigenvalue weighted by atomic mass is 16.5. The summed E-state index contributed by atoms with van der Waals surface area (Å²) in [4.78, 5) is 25.6. The fraction of sp³-hybridized carbons (Fsp3) is 0.318. The number of carbonyl (C=O) groups excluding carboxylic acids is 2. The van der Waals surface area contributed by atoms with Crippen molar-refractivity contribution in [1.82, 2.24) is 9.78 Å². The van der Waals surface area contributed by atoms with Crippen molar-refractivity contribution in [3.05, 3.63) is 53.7 Å². The second kappa shape index (κ2) is 7.46. The van der Waals surface area contributed by atoms with Crippen LogP contribution in [-0.2, 0) is 11.3 Å². The molecule has 3 rings (SSSR count). The molecule has 0 unspecified atom stereocenters. The molecule has 1 aromatic heterocycles. The molecule has 0 fully saturated rings. The van der Waals surface area contributed by atoms with Gasteiger partial charge in [0.05, 0.1) is 19.7 Å². The number of Topliss-reactive ketones (excluding diaryl/α,β-unsaturated/α-hetero) is 1. The van der Waals surface area contributed by atoms with Crippen LogP contribution in [0.4, 0.5) is 0 Å². The quantitative estimate of drug-likeness (QED) is 0.607. The largest absolute Gasteiger partial charge is 0.497 e. The van der Waals surface area contributed by atoms with E-state index in [4.69, 9.17) is 9.47 Å². The molecule has 6 nitrogen and oxygen atoms in total. The standard InChI is InChI=1S/C22H24N2O4/c1-22(2,3)19(25)13-24-18-12-16(28-5)10-11-17(18)20(23-24)21(26)14-6-8-15(27-4)9-7-14/h6-12H,13H2,1-5H3. The molecule has 0 aliphatic carbocycles. The zero-order valence-electron chi connectivity index (χ0n) is 16.8. The molecule has 0 aliphatic heterocycles. The first-order chi connectivity index (χ1) is 13.2. The van der Waals surface area contributed by atoms with Crippen LogP contribution in [-0.4, -0.2) is 35.6 Å². The van der Waals surface area contributed by atoms with Crippen LogP contribution in [0.15, 0.2) is 42.5 Å². The molecule has 0 amide bonds. The van der Waals surface area contributed by atoms with Gasteiger partial charge < -0.3 is 9.47 Å². The Morgan fingerprint density at radius 2 is 1.57 bits per heavy atom. The first kappa shape index (κ1) is 19.6. The Morgan fingerprint density at radius 1 is 0.964 bits per heavy atom. The van der Waals surface area contributed by atoms with Crippen molar-refractivity contribution in [1.29, 1.82) is 0 Å². The highest BCUT2D eigenvalue weighted by Gasteiger charge is 2.25. The first-order valence-electron chi connectivity index (χ1n) is 9.01. The topological polar surface area (TPSA) is 70.4 Å². The monoisotopic (exact) mass is 380 g/mol. The number of hydrogen-bond acceptors (Lipinski definition) is 5. The fourth-order valence-electron chi connectivity index (χ4n) is 2.82. The van der Waals surface area contributed by atoms with Crippen molar-refractivity contribution >= 4 is 22.5 Å². The number of methoxy groups -OCH3 is 2. The molecule has 0 N–H and O–H groups in total. The summed E-state index contributed by atoms with van der Waals surface area (Å²) in [5, 5.41) is 5.18. The van der Waals surface area contributed by atoms with Gasteiger partial charge in [0.2, 0.25) is 5.78 Å². The highest BCUT2D eigenvalue weighted by molar-refractivity contribution is 6.15. The van der Waals surface area contributed by atoms with Crippen molar-refractivity contribution in [2.24, 2.45) is 5.41 Å². The molecule has 3 aromatic rings. The van der Waals surface area contributed by atoms with Gasteiger partial charge in [0.15, 0.2) is 5.78 Å². The smallest absolute Gasteiger partial charge is 0.213 e. The van der Waals surface area contributed by atoms with Gasteiger partial charge in [-0.1, -0.05) is 20.8 Å². The molecule has 2 aromatic carbocycles. The van der Waals surface area contributed by atoms with E-state index in [1.807, 2.05) is 20.8 Å². The number of ether oxygens (including phenoxy) is 2. The number of carbonyl (C=O) groups is 2. The molecule has 0 saturated carbocycles. The second-order valence-electron chi connectivity index (χ2n) is 7.62. The lowest BCUT2D eigenvalue weighted by Crippen LogP contribution is -2.25. The van der Waals surface area contributed by atoms with Gasteiger partial charge in [0.25, 0.3) is 0 Å². The van der Waals surface area contributed by atoms with Crippen LogP contribution in [0.1, 0.15) is 36.8 Å². The Balaban J connectivity index is 2.09. The summed E-state index contributed by atoms with van der Waals surface area (Å²) in [6.45, 7) is 5.68. The van der Waals surface area contributed by atoms with Gasteiger partial charge >= 0.3 is 0 Å². The zero-order chi connectivity index (χ0) is 20.5. The highest BCUT2D eigenvalue weighted by Crippen LogP contribution is 2.27. The third-order valence-electron chi connectivity index (χ3n) is 4.66. The molecule has 28 heavy (non-hydrogen) atoms. The number of aromatic nitrogens is 2. The van der Waals surface area contributed by atoms with E-state index in [9.17, 15) is 9.59 Å². The SMILES string of the molecule is COc1ccc(C(=O)c2nn(CC(=O)C(C)(C)C)c3cc(OC)ccc23)cc1. The summed E-state index contributed by atoms with van der Waals surface area (Å²) < 4.78 is 12.0. The van der Waals surface area contributed by atoms with Gasteiger partial charge in [-0.2, -0.15) is 5.10 Å². The van der Waals surface area contributed by atoms with Crippen molar-refractivity contribution in [3.63, 3.8) is 0 Å². The predicted molar refractivity (Wildman–Crippen MR) is 107 cm³/mol. The van der Waals surface area contributed by atoms with Crippen molar-refractivity contribution in [2.45, 2.75) is 27.3 Å². The summed E-state index contributed by atoms with van der Waals surface area (Å²) in [6.07, 6.45) is 0. The lowest BCUT2D eigenvalue weighted by atomic mass is 9.91. The van der Waals surface area contributed by atoms with Gasteiger partial charge in [-0.3, -0.25) is 14.3 Å². The van der Waals surface area contributed by atoms with Crippen LogP contribution in [0.25, 0.3) is 10.9 Å². The summed E-state index contributed by atoms with van der Waals surface area (Å²) in [6, 6.07) is 12.3. The van der Waals surface area contributed by atoms with Crippen molar-refractivity contribution in [2.75, 3.05) is 14.2 Å². The van der Waals surface area contributed by atoms with Gasteiger partial charge in [-0.05, 0) is 36.4 Å². The lowest BCUT2D eigenvalue weighted by Gasteiger charge is -2.16. The van der Waals surface area contributed by atoms with Gasteiger partial charge in [0.1, 0.15) is 23.7 Å². The van der Waals surface area contributed by atoms with E-state index in [2.05, 4.69) is 5.10 Å². The van der Waals surface area contributed by atoms with Crippen LogP contribution in [0.3, 0.4) is 0 Å². The number of ketones is 2. The van der Waals surface area contributed by atoms with E-state index in [-0.39, 0.29) is 18.1 Å². The predicted octanol–water partition coefficient (Wildman–Crippen LogP) is 3.90. The van der Waals surface area contributed by atoms with Crippen LogP contribution in [0.5, 0.6) is 11.5 Å². The molecule has 6 heteroatoms. The zero-order valence-corrected chi connectivity index (χ0v) is 16.8. The normalized spacial score (nSPS) is 11.5. The van der Waals surface area contributed by atoms with E-state index >= 15 is 0 Å². The van der Waals surface area contributed by atoms with Gasteiger partial charge in [-0.25, -0.2) is 0 Å². The molecule has 146 valence electrons. The maximum absolute atomic E-state index is 13.1. The molecule has 0 radical (unpaired) electrons. The molecule has 0 saturated heterocycles. The third-order valence-corrected chi connectivity index (χ3v) is 4.66. The second-order valence-corrected chi connectivity index (χ2v) is 7.62. The minimum atomic E-state index is -0.503. The summed E-state index contributed by atoms with van der Waals surface area (Å²) in [7, 11) is 3.15. The van der Waals surface area contributed by atoms with E-state index < -0.39 is 5.41 Å². The van der Waals surface area contributed by atoms with Crippen LogP contribution in [0.2, 0.25) is 0 Å². The van der Waals surface area contributed by atoms with E-state index in [1.54, 1.807) is 61.4 Å². The van der Waals surface area contributed by atoms with E-state index in [1.165, 1.54) is 0 Å². The Morgan fingerprint density at radius 3 is 2.14 bits per heavy atom. The van der Waals surface area contributed by atoms with Crippen LogP contribution >= 0.6 is 0 Å².